The van der Waals surface area contributed by atoms with E-state index in [0.29, 0.717) is 29.6 Å². The van der Waals surface area contributed by atoms with Gasteiger partial charge >= 0.3 is 0 Å². The van der Waals surface area contributed by atoms with E-state index < -0.39 is 0 Å². The van der Waals surface area contributed by atoms with Gasteiger partial charge in [-0.15, -0.1) is 5.10 Å². The van der Waals surface area contributed by atoms with Crippen LogP contribution in [0.25, 0.3) is 0 Å². The molecule has 1 fully saturated rings. The summed E-state index contributed by atoms with van der Waals surface area (Å²) in [5.74, 6) is 0.506. The molecule has 1 aliphatic rings. The fourth-order valence-corrected chi connectivity index (χ4v) is 3.89. The zero-order valence-corrected chi connectivity index (χ0v) is 16.5. The predicted octanol–water partition coefficient (Wildman–Crippen LogP) is 1.89. The van der Waals surface area contributed by atoms with Crippen molar-refractivity contribution >= 4 is 23.5 Å². The Morgan fingerprint density at radius 2 is 2.30 bits per heavy atom. The highest BCUT2D eigenvalue weighted by molar-refractivity contribution is 7.99. The molecule has 3 heterocycles. The maximum absolute atomic E-state index is 12.5. The topological polar surface area (TPSA) is 111 Å². The average molecular weight is 389 g/mol. The van der Waals surface area contributed by atoms with E-state index >= 15 is 0 Å². The van der Waals surface area contributed by atoms with Gasteiger partial charge in [-0.05, 0) is 49.6 Å². The van der Waals surface area contributed by atoms with Gasteiger partial charge in [-0.3, -0.25) is 4.79 Å². The van der Waals surface area contributed by atoms with Crippen LogP contribution in [-0.2, 0) is 22.6 Å². The van der Waals surface area contributed by atoms with Gasteiger partial charge in [0, 0.05) is 18.8 Å². The van der Waals surface area contributed by atoms with Gasteiger partial charge in [0.1, 0.15) is 11.9 Å². The van der Waals surface area contributed by atoms with Gasteiger partial charge in [0.25, 0.3) is 0 Å². The Bertz CT molecular complexity index is 861. The average Bonchev–Trinajstić information content (AvgIpc) is 3.38. The third-order valence-electron chi connectivity index (χ3n) is 4.74. The molecule has 0 aromatic carbocycles. The zero-order valence-electron chi connectivity index (χ0n) is 15.7. The summed E-state index contributed by atoms with van der Waals surface area (Å²) in [6.07, 6.45) is 2.14. The smallest absolute Gasteiger partial charge is 0.235 e. The molecule has 1 atom stereocenters. The number of rotatable bonds is 7. The van der Waals surface area contributed by atoms with Gasteiger partial charge in [0.05, 0.1) is 24.0 Å². The molecule has 0 spiro atoms. The first kappa shape index (κ1) is 19.4. The number of thioether (sulfide) groups is 1. The zero-order chi connectivity index (χ0) is 19.4. The second-order valence-electron chi connectivity index (χ2n) is 6.41. The van der Waals surface area contributed by atoms with Crippen molar-refractivity contribution in [2.75, 3.05) is 17.7 Å². The molecule has 9 nitrogen and oxygen atoms in total. The van der Waals surface area contributed by atoms with E-state index in [1.54, 1.807) is 4.68 Å². The maximum atomic E-state index is 12.5. The molecule has 1 saturated heterocycles. The molecule has 0 aliphatic carbocycles. The fourth-order valence-electron chi connectivity index (χ4n) is 3.15. The molecule has 10 heteroatoms. The van der Waals surface area contributed by atoms with E-state index in [-0.39, 0.29) is 17.8 Å². The number of hydrogen-bond donors (Lipinski definition) is 1. The van der Waals surface area contributed by atoms with Crippen molar-refractivity contribution in [1.82, 2.24) is 24.8 Å². The highest BCUT2D eigenvalue weighted by atomic mass is 32.2. The van der Waals surface area contributed by atoms with Crippen LogP contribution in [0.5, 0.6) is 0 Å². The highest BCUT2D eigenvalue weighted by Crippen LogP contribution is 2.28. The number of aryl methyl sites for hydroxylation is 1. The minimum atomic E-state index is -0.201. The minimum Gasteiger partial charge on any atom is -0.376 e. The van der Waals surface area contributed by atoms with Crippen LogP contribution in [-0.4, -0.2) is 49.1 Å². The number of anilines is 1. The minimum absolute atomic E-state index is 0.112. The SMILES string of the molecule is CCn1nnnc1SCC(=O)Nc1c(C#N)c(C)c(C)n1CC1CCCO1. The Morgan fingerprint density at radius 3 is 2.96 bits per heavy atom. The third-order valence-corrected chi connectivity index (χ3v) is 5.70. The summed E-state index contributed by atoms with van der Waals surface area (Å²) in [6.45, 7) is 7.83. The number of carbonyl (C=O) groups excluding carboxylic acids is 1. The summed E-state index contributed by atoms with van der Waals surface area (Å²) in [4.78, 5) is 12.5. The second kappa shape index (κ2) is 8.54. The van der Waals surface area contributed by atoms with E-state index in [4.69, 9.17) is 4.74 Å². The van der Waals surface area contributed by atoms with E-state index in [1.165, 1.54) is 11.8 Å². The van der Waals surface area contributed by atoms with Gasteiger partial charge in [-0.1, -0.05) is 11.8 Å². The standard InChI is InChI=1S/C17H23N7O2S/c1-4-24-17(20-21-22-24)27-10-15(25)19-16-14(8-18)11(2)12(3)23(16)9-13-6-5-7-26-13/h13H,4-7,9-10H2,1-3H3,(H,19,25). The van der Waals surface area contributed by atoms with Gasteiger partial charge in [0.2, 0.25) is 11.1 Å². The number of tetrazole rings is 1. The molecule has 144 valence electrons. The lowest BCUT2D eigenvalue weighted by Crippen LogP contribution is -2.22. The van der Waals surface area contributed by atoms with E-state index in [1.807, 2.05) is 25.3 Å². The van der Waals surface area contributed by atoms with Gasteiger partial charge in [-0.2, -0.15) is 5.26 Å². The summed E-state index contributed by atoms with van der Waals surface area (Å²) in [7, 11) is 0. The lowest BCUT2D eigenvalue weighted by molar-refractivity contribution is -0.113. The number of aromatic nitrogens is 5. The molecule has 2 aromatic rings. The highest BCUT2D eigenvalue weighted by Gasteiger charge is 2.24. The molecule has 3 rings (SSSR count). The van der Waals surface area contributed by atoms with Crippen molar-refractivity contribution in [3.8, 4) is 6.07 Å². The summed E-state index contributed by atoms with van der Waals surface area (Å²) in [5, 5.41) is 24.5. The fraction of sp³-hybridized carbons (Fsp3) is 0.588. The Labute approximate surface area is 162 Å². The number of amides is 1. The molecular formula is C17H23N7O2S. The van der Waals surface area contributed by atoms with Crippen LogP contribution in [0.4, 0.5) is 5.82 Å². The Hall–Kier alpha value is -2.38. The van der Waals surface area contributed by atoms with Gasteiger partial charge < -0.3 is 14.6 Å². The summed E-state index contributed by atoms with van der Waals surface area (Å²) < 4.78 is 9.35. The van der Waals surface area contributed by atoms with Crippen LogP contribution in [0.2, 0.25) is 0 Å². The number of ether oxygens (including phenoxy) is 1. The monoisotopic (exact) mass is 389 g/mol. The lowest BCUT2D eigenvalue weighted by atomic mass is 10.2. The van der Waals surface area contributed by atoms with Crippen LogP contribution in [0.15, 0.2) is 5.16 Å². The van der Waals surface area contributed by atoms with Gasteiger partial charge in [0.15, 0.2) is 0 Å². The lowest BCUT2D eigenvalue weighted by Gasteiger charge is -2.16. The van der Waals surface area contributed by atoms with E-state index in [0.717, 1.165) is 30.7 Å². The van der Waals surface area contributed by atoms with E-state index in [9.17, 15) is 10.1 Å². The Morgan fingerprint density at radius 1 is 1.48 bits per heavy atom. The van der Waals surface area contributed by atoms with Crippen molar-refractivity contribution in [2.45, 2.75) is 58.0 Å². The first-order chi connectivity index (χ1) is 13.0. The van der Waals surface area contributed by atoms with Crippen molar-refractivity contribution in [3.05, 3.63) is 16.8 Å². The molecule has 0 radical (unpaired) electrons. The summed E-state index contributed by atoms with van der Waals surface area (Å²) in [6, 6.07) is 2.22. The van der Waals surface area contributed by atoms with Crippen LogP contribution in [0.1, 0.15) is 36.6 Å². The summed E-state index contributed by atoms with van der Waals surface area (Å²) >= 11 is 1.27. The molecule has 2 aromatic heterocycles. The predicted molar refractivity (Wildman–Crippen MR) is 100 cm³/mol. The van der Waals surface area contributed by atoms with Gasteiger partial charge in [-0.25, -0.2) is 4.68 Å². The van der Waals surface area contributed by atoms with Crippen molar-refractivity contribution < 1.29 is 9.53 Å². The molecule has 27 heavy (non-hydrogen) atoms. The molecule has 1 amide bonds. The number of nitriles is 1. The first-order valence-corrected chi connectivity index (χ1v) is 9.93. The summed E-state index contributed by atoms with van der Waals surface area (Å²) in [5.41, 5.74) is 2.36. The van der Waals surface area contributed by atoms with Crippen LogP contribution in [0, 0.1) is 25.2 Å². The number of hydrogen-bond acceptors (Lipinski definition) is 7. The Kier molecular flexibility index (Phi) is 6.13. The Balaban J connectivity index is 1.75. The second-order valence-corrected chi connectivity index (χ2v) is 7.35. The largest absolute Gasteiger partial charge is 0.376 e. The van der Waals surface area contributed by atoms with Crippen LogP contribution in [0.3, 0.4) is 0 Å². The van der Waals surface area contributed by atoms with Crippen LogP contribution >= 0.6 is 11.8 Å². The van der Waals surface area contributed by atoms with Crippen LogP contribution < -0.4 is 5.32 Å². The number of nitrogens with one attached hydrogen (secondary N) is 1. The van der Waals surface area contributed by atoms with Crippen molar-refractivity contribution in [1.29, 1.82) is 5.26 Å². The first-order valence-electron chi connectivity index (χ1n) is 8.95. The van der Waals surface area contributed by atoms with Crippen molar-refractivity contribution in [3.63, 3.8) is 0 Å². The number of nitrogens with zero attached hydrogens (tertiary/aromatic N) is 6. The maximum Gasteiger partial charge on any atom is 0.235 e. The van der Waals surface area contributed by atoms with Crippen molar-refractivity contribution in [2.24, 2.45) is 0 Å². The van der Waals surface area contributed by atoms with E-state index in [2.05, 4.69) is 26.9 Å². The third kappa shape index (κ3) is 4.14. The molecule has 1 aliphatic heterocycles. The molecule has 0 saturated carbocycles. The molecular weight excluding hydrogens is 366 g/mol. The molecule has 0 bridgehead atoms. The number of carbonyl (C=O) groups is 1. The molecule has 1 unspecified atom stereocenters. The normalized spacial score (nSPS) is 16.4. The quantitative estimate of drug-likeness (QED) is 0.720. The molecule has 1 N–H and O–H groups in total.